The predicted molar refractivity (Wildman–Crippen MR) is 74.9 cm³/mol. The number of nitrogens with zero attached hydrogens (tertiary/aromatic N) is 3. The summed E-state index contributed by atoms with van der Waals surface area (Å²) in [6.07, 6.45) is 1.23. The molecule has 0 aliphatic carbocycles. The number of carbonyl (C=O) groups excluding carboxylic acids is 1. The fourth-order valence-electron chi connectivity index (χ4n) is 2.80. The van der Waals surface area contributed by atoms with Crippen LogP contribution < -0.4 is 0 Å². The lowest BCUT2D eigenvalue weighted by molar-refractivity contribution is -0.125. The first kappa shape index (κ1) is 14.5. The van der Waals surface area contributed by atoms with Crippen LogP contribution in [0.15, 0.2) is 11.6 Å². The lowest BCUT2D eigenvalue weighted by Crippen LogP contribution is -2.52. The molecule has 2 rings (SSSR count). The minimum Gasteiger partial charge on any atom is -0.390 e. The Morgan fingerprint density at radius 3 is 2.37 bits per heavy atom. The first-order chi connectivity index (χ1) is 8.97. The van der Waals surface area contributed by atoms with Crippen molar-refractivity contribution in [1.29, 1.82) is 0 Å². The van der Waals surface area contributed by atoms with E-state index < -0.39 is 6.10 Å². The molecule has 1 N–H and O–H groups in total. The van der Waals surface area contributed by atoms with Gasteiger partial charge in [-0.1, -0.05) is 5.57 Å². The molecular formula is C14H25N3O2. The molecule has 19 heavy (non-hydrogen) atoms. The maximum atomic E-state index is 12.0. The predicted octanol–water partition coefficient (Wildman–Crippen LogP) is -0.228. The molecule has 0 saturated carbocycles. The molecule has 2 aliphatic heterocycles. The molecule has 0 bridgehead atoms. The van der Waals surface area contributed by atoms with Crippen LogP contribution in [0, 0.1) is 0 Å². The maximum Gasteiger partial charge on any atom is 0.246 e. The number of β-amino-alcohol motifs (C(OH)–C–C–N with tert-alkyl or cyclic N) is 1. The van der Waals surface area contributed by atoms with Gasteiger partial charge in [-0.25, -0.2) is 0 Å². The number of rotatable bonds is 2. The van der Waals surface area contributed by atoms with Crippen LogP contribution in [0.5, 0.6) is 0 Å². The Labute approximate surface area is 115 Å². The van der Waals surface area contributed by atoms with Gasteiger partial charge in [-0.05, 0) is 20.9 Å². The fraction of sp³-hybridized carbons (Fsp3) is 0.786. The Morgan fingerprint density at radius 2 is 1.79 bits per heavy atom. The molecule has 0 aromatic rings. The van der Waals surface area contributed by atoms with Crippen LogP contribution in [-0.2, 0) is 4.79 Å². The number of piperazine rings is 1. The number of likely N-dealkylation sites (tertiary alicyclic amines) is 1. The van der Waals surface area contributed by atoms with Crippen LogP contribution in [0.25, 0.3) is 0 Å². The smallest absolute Gasteiger partial charge is 0.246 e. The first-order valence-corrected chi connectivity index (χ1v) is 7.02. The molecule has 5 heteroatoms. The van der Waals surface area contributed by atoms with Gasteiger partial charge in [-0.3, -0.25) is 9.69 Å². The second-order valence-electron chi connectivity index (χ2n) is 5.94. The van der Waals surface area contributed by atoms with Crippen LogP contribution in [0.1, 0.15) is 13.8 Å². The summed E-state index contributed by atoms with van der Waals surface area (Å²) >= 11 is 0. The minimum atomic E-state index is -0.419. The van der Waals surface area contributed by atoms with Crippen LogP contribution in [0.4, 0.5) is 0 Å². The van der Waals surface area contributed by atoms with E-state index in [0.717, 1.165) is 31.8 Å². The van der Waals surface area contributed by atoms with Crippen molar-refractivity contribution in [3.8, 4) is 0 Å². The van der Waals surface area contributed by atoms with Crippen molar-refractivity contribution in [1.82, 2.24) is 14.7 Å². The van der Waals surface area contributed by atoms with Gasteiger partial charge in [0.25, 0.3) is 0 Å². The van der Waals surface area contributed by atoms with E-state index in [0.29, 0.717) is 13.1 Å². The number of amides is 1. The monoisotopic (exact) mass is 267 g/mol. The van der Waals surface area contributed by atoms with Crippen LogP contribution in [0.3, 0.4) is 0 Å². The Kier molecular flexibility index (Phi) is 4.60. The molecule has 5 nitrogen and oxygen atoms in total. The number of likely N-dealkylation sites (N-methyl/N-ethyl adjacent to an activating group) is 1. The highest BCUT2D eigenvalue weighted by molar-refractivity contribution is 5.88. The number of carbonyl (C=O) groups is 1. The van der Waals surface area contributed by atoms with Crippen molar-refractivity contribution in [2.24, 2.45) is 0 Å². The summed E-state index contributed by atoms with van der Waals surface area (Å²) in [5, 5.41) is 10.2. The van der Waals surface area contributed by atoms with E-state index in [2.05, 4.69) is 16.8 Å². The molecule has 0 unspecified atom stereocenters. The summed E-state index contributed by atoms with van der Waals surface area (Å²) in [6, 6.07) is 0.100. The van der Waals surface area contributed by atoms with Crippen molar-refractivity contribution < 1.29 is 9.90 Å². The Bertz CT molecular complexity index is 358. The zero-order valence-corrected chi connectivity index (χ0v) is 12.2. The van der Waals surface area contributed by atoms with E-state index in [1.807, 2.05) is 13.8 Å². The van der Waals surface area contributed by atoms with Crippen LogP contribution in [0.2, 0.25) is 0 Å². The van der Waals surface area contributed by atoms with E-state index in [1.165, 1.54) is 0 Å². The summed E-state index contributed by atoms with van der Waals surface area (Å²) in [4.78, 5) is 18.4. The zero-order valence-electron chi connectivity index (χ0n) is 12.2. The molecule has 2 heterocycles. The molecule has 2 saturated heterocycles. The SMILES string of the molecule is CC(C)=CC(=O)N1C[C@@H](O)[C@H](N2CCN(C)CC2)C1. The van der Waals surface area contributed by atoms with Crippen molar-refractivity contribution in [2.45, 2.75) is 26.0 Å². The molecular weight excluding hydrogens is 242 g/mol. The van der Waals surface area contributed by atoms with E-state index in [9.17, 15) is 9.90 Å². The lowest BCUT2D eigenvalue weighted by atomic mass is 10.1. The average Bonchev–Trinajstić information content (AvgIpc) is 2.72. The average molecular weight is 267 g/mol. The Balaban J connectivity index is 1.94. The highest BCUT2D eigenvalue weighted by Crippen LogP contribution is 2.18. The van der Waals surface area contributed by atoms with Crippen molar-refractivity contribution in [3.63, 3.8) is 0 Å². The molecule has 0 radical (unpaired) electrons. The van der Waals surface area contributed by atoms with E-state index in [1.54, 1.807) is 11.0 Å². The third kappa shape index (κ3) is 3.55. The van der Waals surface area contributed by atoms with Crippen molar-refractivity contribution in [3.05, 3.63) is 11.6 Å². The maximum absolute atomic E-state index is 12.0. The molecule has 0 aromatic carbocycles. The Hall–Kier alpha value is -0.910. The quantitative estimate of drug-likeness (QED) is 0.702. The summed E-state index contributed by atoms with van der Waals surface area (Å²) < 4.78 is 0. The second-order valence-corrected chi connectivity index (χ2v) is 5.94. The first-order valence-electron chi connectivity index (χ1n) is 7.02. The summed E-state index contributed by atoms with van der Waals surface area (Å²) in [5.74, 6) is 0.0238. The van der Waals surface area contributed by atoms with E-state index in [-0.39, 0.29) is 11.9 Å². The fourth-order valence-corrected chi connectivity index (χ4v) is 2.80. The van der Waals surface area contributed by atoms with Crippen LogP contribution in [-0.4, -0.2) is 84.2 Å². The van der Waals surface area contributed by atoms with Gasteiger partial charge in [0.05, 0.1) is 12.1 Å². The number of hydrogen-bond acceptors (Lipinski definition) is 4. The summed E-state index contributed by atoms with van der Waals surface area (Å²) in [6.45, 7) is 8.96. The van der Waals surface area contributed by atoms with Crippen molar-refractivity contribution >= 4 is 5.91 Å². The second kappa shape index (κ2) is 6.03. The van der Waals surface area contributed by atoms with Gasteiger partial charge in [0.15, 0.2) is 0 Å². The highest BCUT2D eigenvalue weighted by Gasteiger charge is 2.37. The third-order valence-electron chi connectivity index (χ3n) is 3.99. The highest BCUT2D eigenvalue weighted by atomic mass is 16.3. The molecule has 2 atom stereocenters. The van der Waals surface area contributed by atoms with E-state index in [4.69, 9.17) is 0 Å². The standard InChI is InChI=1S/C14H25N3O2/c1-11(2)8-14(19)17-9-12(13(18)10-17)16-6-4-15(3)5-7-16/h8,12-13,18H,4-7,9-10H2,1-3H3/t12-,13-/m1/s1. The lowest BCUT2D eigenvalue weighted by Gasteiger charge is -2.37. The molecule has 0 aromatic heterocycles. The van der Waals surface area contributed by atoms with Crippen LogP contribution >= 0.6 is 0 Å². The number of aliphatic hydroxyl groups is 1. The number of hydrogen-bond donors (Lipinski definition) is 1. The third-order valence-corrected chi connectivity index (χ3v) is 3.99. The number of aliphatic hydroxyl groups excluding tert-OH is 1. The van der Waals surface area contributed by atoms with Gasteiger partial charge < -0.3 is 14.9 Å². The van der Waals surface area contributed by atoms with Gasteiger partial charge in [-0.2, -0.15) is 0 Å². The molecule has 108 valence electrons. The van der Waals surface area contributed by atoms with Crippen molar-refractivity contribution in [2.75, 3.05) is 46.3 Å². The van der Waals surface area contributed by atoms with Gasteiger partial charge >= 0.3 is 0 Å². The molecule has 2 fully saturated rings. The summed E-state index contributed by atoms with van der Waals surface area (Å²) in [5.41, 5.74) is 1.00. The van der Waals surface area contributed by atoms with E-state index >= 15 is 0 Å². The Morgan fingerprint density at radius 1 is 1.16 bits per heavy atom. The van der Waals surface area contributed by atoms with Gasteiger partial charge in [0.2, 0.25) is 5.91 Å². The van der Waals surface area contributed by atoms with Gasteiger partial charge in [0.1, 0.15) is 0 Å². The molecule has 0 spiro atoms. The van der Waals surface area contributed by atoms with Gasteiger partial charge in [0, 0.05) is 45.3 Å². The normalized spacial score (nSPS) is 29.6. The topological polar surface area (TPSA) is 47.0 Å². The minimum absolute atomic E-state index is 0.0238. The molecule has 1 amide bonds. The van der Waals surface area contributed by atoms with Gasteiger partial charge in [-0.15, -0.1) is 0 Å². The summed E-state index contributed by atoms with van der Waals surface area (Å²) in [7, 11) is 2.12. The molecule has 2 aliphatic rings. The zero-order chi connectivity index (χ0) is 14.0. The largest absolute Gasteiger partial charge is 0.390 e. The number of allylic oxidation sites excluding steroid dienone is 1.